The summed E-state index contributed by atoms with van der Waals surface area (Å²) in [5.74, 6) is 0.302. The molecule has 23 heavy (non-hydrogen) atoms. The van der Waals surface area contributed by atoms with Gasteiger partial charge in [0.25, 0.3) is 0 Å². The molecule has 0 aliphatic heterocycles. The van der Waals surface area contributed by atoms with Crippen molar-refractivity contribution in [2.75, 3.05) is 6.61 Å². The van der Waals surface area contributed by atoms with Crippen molar-refractivity contribution in [2.24, 2.45) is 0 Å². The van der Waals surface area contributed by atoms with Crippen LogP contribution in [-0.4, -0.2) is 12.9 Å². The van der Waals surface area contributed by atoms with E-state index < -0.39 is 5.82 Å². The summed E-state index contributed by atoms with van der Waals surface area (Å²) < 4.78 is 26.1. The van der Waals surface area contributed by atoms with Crippen molar-refractivity contribution < 1.29 is 18.7 Å². The number of carbonyl (C=O) groups is 1. The zero-order valence-electron chi connectivity index (χ0n) is 12.0. The Morgan fingerprint density at radius 1 is 1.26 bits per heavy atom. The summed E-state index contributed by atoms with van der Waals surface area (Å²) in [6, 6.07) is 5.99. The second-order valence-electron chi connectivity index (χ2n) is 4.46. The van der Waals surface area contributed by atoms with E-state index in [2.05, 4.69) is 31.9 Å². The van der Waals surface area contributed by atoms with Gasteiger partial charge in [-0.25, -0.2) is 4.39 Å². The highest BCUT2D eigenvalue weighted by Gasteiger charge is 2.18. The maximum Gasteiger partial charge on any atom is 0.177 e. The molecule has 0 aromatic heterocycles. The Kier molecular flexibility index (Phi) is 6.44. The topological polar surface area (TPSA) is 35.5 Å². The smallest absolute Gasteiger partial charge is 0.177 e. The fourth-order valence-corrected chi connectivity index (χ4v) is 3.05. The molecule has 0 aliphatic rings. The summed E-state index contributed by atoms with van der Waals surface area (Å²) in [7, 11) is 0. The highest BCUT2D eigenvalue weighted by molar-refractivity contribution is 9.13. The second-order valence-corrected chi connectivity index (χ2v) is 6.45. The minimum Gasteiger partial charge on any atom is -0.490 e. The molecular formula is C16H12Br2ClFO3. The maximum absolute atomic E-state index is 13.8. The van der Waals surface area contributed by atoms with Crippen LogP contribution in [0.4, 0.5) is 4.39 Å². The molecule has 7 heteroatoms. The molecule has 0 saturated carbocycles. The quantitative estimate of drug-likeness (QED) is 0.505. The van der Waals surface area contributed by atoms with Gasteiger partial charge >= 0.3 is 0 Å². The number of ether oxygens (including phenoxy) is 2. The van der Waals surface area contributed by atoms with Crippen molar-refractivity contribution in [1.29, 1.82) is 0 Å². The average Bonchev–Trinajstić information content (AvgIpc) is 2.52. The Bertz CT molecular complexity index is 718. The first-order chi connectivity index (χ1) is 11.0. The van der Waals surface area contributed by atoms with Gasteiger partial charge in [0.1, 0.15) is 12.4 Å². The van der Waals surface area contributed by atoms with Crippen LogP contribution >= 0.6 is 43.5 Å². The number of hydrogen-bond donors (Lipinski definition) is 0. The predicted molar refractivity (Wildman–Crippen MR) is 94.1 cm³/mol. The lowest BCUT2D eigenvalue weighted by Gasteiger charge is -2.16. The molecule has 0 saturated heterocycles. The lowest BCUT2D eigenvalue weighted by Crippen LogP contribution is -2.04. The van der Waals surface area contributed by atoms with Gasteiger partial charge in [-0.15, -0.1) is 0 Å². The van der Waals surface area contributed by atoms with Crippen LogP contribution in [0.25, 0.3) is 0 Å². The van der Waals surface area contributed by atoms with E-state index in [1.807, 2.05) is 6.92 Å². The van der Waals surface area contributed by atoms with E-state index in [0.29, 0.717) is 38.9 Å². The minimum absolute atomic E-state index is 0.0724. The van der Waals surface area contributed by atoms with Crippen LogP contribution in [-0.2, 0) is 6.61 Å². The molecule has 2 rings (SSSR count). The fourth-order valence-electron chi connectivity index (χ4n) is 1.90. The van der Waals surface area contributed by atoms with Crippen LogP contribution in [0.3, 0.4) is 0 Å². The fraction of sp³-hybridized carbons (Fsp3) is 0.188. The van der Waals surface area contributed by atoms with Crippen LogP contribution in [0.1, 0.15) is 22.8 Å². The summed E-state index contributed by atoms with van der Waals surface area (Å²) in [5, 5.41) is 0.280. The number of benzene rings is 2. The van der Waals surface area contributed by atoms with Crippen molar-refractivity contribution in [2.45, 2.75) is 13.5 Å². The van der Waals surface area contributed by atoms with E-state index in [1.165, 1.54) is 12.1 Å². The molecule has 0 N–H and O–H groups in total. The molecule has 0 heterocycles. The minimum atomic E-state index is -0.449. The van der Waals surface area contributed by atoms with Gasteiger partial charge < -0.3 is 9.47 Å². The monoisotopic (exact) mass is 464 g/mol. The molecule has 0 atom stereocenters. The normalized spacial score (nSPS) is 10.5. The summed E-state index contributed by atoms with van der Waals surface area (Å²) in [6.07, 6.45) is 0.703. The third-order valence-corrected chi connectivity index (χ3v) is 5.50. The SMILES string of the molecule is CCOc1cc(C=O)c(Br)c(Br)c1OCc1c(F)cccc1Cl. The van der Waals surface area contributed by atoms with E-state index in [1.54, 1.807) is 12.1 Å². The van der Waals surface area contributed by atoms with Crippen molar-refractivity contribution in [1.82, 2.24) is 0 Å². The Balaban J connectivity index is 2.39. The molecule has 2 aromatic carbocycles. The lowest BCUT2D eigenvalue weighted by molar-refractivity contribution is 0.112. The van der Waals surface area contributed by atoms with Crippen LogP contribution in [0.15, 0.2) is 33.2 Å². The number of rotatable bonds is 6. The third kappa shape index (κ3) is 4.05. The highest BCUT2D eigenvalue weighted by atomic mass is 79.9. The van der Waals surface area contributed by atoms with Crippen molar-refractivity contribution in [3.8, 4) is 11.5 Å². The van der Waals surface area contributed by atoms with Crippen molar-refractivity contribution in [3.63, 3.8) is 0 Å². The Morgan fingerprint density at radius 2 is 2.00 bits per heavy atom. The molecule has 0 amide bonds. The Morgan fingerprint density at radius 3 is 2.61 bits per heavy atom. The first-order valence-electron chi connectivity index (χ1n) is 6.65. The van der Waals surface area contributed by atoms with Gasteiger partial charge in [0, 0.05) is 15.6 Å². The van der Waals surface area contributed by atoms with E-state index >= 15 is 0 Å². The molecule has 3 nitrogen and oxygen atoms in total. The summed E-state index contributed by atoms with van der Waals surface area (Å²) >= 11 is 12.7. The van der Waals surface area contributed by atoms with Crippen LogP contribution in [0, 0.1) is 5.82 Å². The van der Waals surface area contributed by atoms with E-state index in [4.69, 9.17) is 21.1 Å². The molecule has 122 valence electrons. The first kappa shape index (κ1) is 18.2. The largest absolute Gasteiger partial charge is 0.490 e. The molecule has 0 bridgehead atoms. The number of aldehydes is 1. The molecule has 0 fully saturated rings. The van der Waals surface area contributed by atoms with Crippen molar-refractivity contribution >= 4 is 49.7 Å². The van der Waals surface area contributed by atoms with Gasteiger partial charge in [-0.1, -0.05) is 17.7 Å². The van der Waals surface area contributed by atoms with Gasteiger partial charge in [0.15, 0.2) is 17.8 Å². The van der Waals surface area contributed by atoms with E-state index in [-0.39, 0.29) is 17.2 Å². The van der Waals surface area contributed by atoms with E-state index in [0.717, 1.165) is 0 Å². The standard InChI is InChI=1S/C16H12Br2ClFO3/c1-2-22-13-6-9(7-21)14(17)15(18)16(13)23-8-10-11(19)4-3-5-12(10)20/h3-7H,2,8H2,1H3. The lowest BCUT2D eigenvalue weighted by atomic mass is 10.2. The van der Waals surface area contributed by atoms with Gasteiger partial charge in [0.2, 0.25) is 0 Å². The van der Waals surface area contributed by atoms with Gasteiger partial charge in [0.05, 0.1) is 16.1 Å². The van der Waals surface area contributed by atoms with Gasteiger partial charge in [-0.2, -0.15) is 0 Å². The van der Waals surface area contributed by atoms with Crippen LogP contribution in [0.2, 0.25) is 5.02 Å². The highest BCUT2D eigenvalue weighted by Crippen LogP contribution is 2.43. The molecule has 0 radical (unpaired) electrons. The second kappa shape index (κ2) is 8.13. The molecule has 0 spiro atoms. The van der Waals surface area contributed by atoms with Crippen LogP contribution in [0.5, 0.6) is 11.5 Å². The molecule has 0 aliphatic carbocycles. The Labute approximate surface area is 155 Å². The predicted octanol–water partition coefficient (Wildman–Crippen LogP) is 5.79. The first-order valence-corrected chi connectivity index (χ1v) is 8.61. The number of halogens is 4. The molecule has 2 aromatic rings. The Hall–Kier alpha value is -1.11. The third-order valence-electron chi connectivity index (χ3n) is 3.01. The zero-order valence-corrected chi connectivity index (χ0v) is 16.0. The van der Waals surface area contributed by atoms with Gasteiger partial charge in [-0.05, 0) is 57.0 Å². The summed E-state index contributed by atoms with van der Waals surface area (Å²) in [5.41, 5.74) is 0.663. The average molecular weight is 467 g/mol. The number of carbonyl (C=O) groups excluding carboxylic acids is 1. The maximum atomic E-state index is 13.8. The van der Waals surface area contributed by atoms with Gasteiger partial charge in [-0.3, -0.25) is 4.79 Å². The molecular weight excluding hydrogens is 454 g/mol. The summed E-state index contributed by atoms with van der Waals surface area (Å²) in [4.78, 5) is 11.1. The number of hydrogen-bond acceptors (Lipinski definition) is 3. The van der Waals surface area contributed by atoms with Crippen molar-refractivity contribution in [3.05, 3.63) is 55.2 Å². The van der Waals surface area contributed by atoms with Crippen LogP contribution < -0.4 is 9.47 Å². The molecule has 0 unspecified atom stereocenters. The zero-order chi connectivity index (χ0) is 17.0. The van der Waals surface area contributed by atoms with E-state index in [9.17, 15) is 9.18 Å². The summed E-state index contributed by atoms with van der Waals surface area (Å²) in [6.45, 7) is 2.13.